The van der Waals surface area contributed by atoms with Crippen molar-refractivity contribution in [3.63, 3.8) is 0 Å². The van der Waals surface area contributed by atoms with Gasteiger partial charge in [0.1, 0.15) is 0 Å². The zero-order valence-electron chi connectivity index (χ0n) is 11.5. The van der Waals surface area contributed by atoms with Gasteiger partial charge in [-0.15, -0.1) is 0 Å². The highest BCUT2D eigenvalue weighted by molar-refractivity contribution is 7.89. The Labute approximate surface area is 122 Å². The molecule has 8 nitrogen and oxygen atoms in total. The van der Waals surface area contributed by atoms with E-state index in [1.807, 2.05) is 0 Å². The molecule has 1 aromatic carbocycles. The van der Waals surface area contributed by atoms with Crippen LogP contribution < -0.4 is 5.32 Å². The van der Waals surface area contributed by atoms with E-state index in [0.717, 1.165) is 4.31 Å². The van der Waals surface area contributed by atoms with Gasteiger partial charge < -0.3 is 15.5 Å². The van der Waals surface area contributed by atoms with Gasteiger partial charge in [-0.2, -0.15) is 0 Å². The third-order valence-corrected chi connectivity index (χ3v) is 4.43. The summed E-state index contributed by atoms with van der Waals surface area (Å²) >= 11 is 0. The molecule has 0 saturated heterocycles. The van der Waals surface area contributed by atoms with Crippen LogP contribution in [0, 0.1) is 0 Å². The molecule has 1 atom stereocenters. The first-order valence-electron chi connectivity index (χ1n) is 5.88. The minimum absolute atomic E-state index is 0.0514. The van der Waals surface area contributed by atoms with Crippen molar-refractivity contribution in [1.82, 2.24) is 9.62 Å². The van der Waals surface area contributed by atoms with Crippen LogP contribution in [0.3, 0.4) is 0 Å². The van der Waals surface area contributed by atoms with Crippen LogP contribution in [-0.2, 0) is 14.8 Å². The monoisotopic (exact) mass is 316 g/mol. The molecule has 1 amide bonds. The average molecular weight is 316 g/mol. The number of carbonyl (C=O) groups excluding carboxylic acids is 1. The van der Waals surface area contributed by atoms with Gasteiger partial charge >= 0.3 is 5.97 Å². The summed E-state index contributed by atoms with van der Waals surface area (Å²) in [7, 11) is -0.935. The van der Waals surface area contributed by atoms with E-state index in [2.05, 4.69) is 5.32 Å². The first-order valence-corrected chi connectivity index (χ1v) is 7.32. The number of hydrogen-bond donors (Lipinski definition) is 3. The van der Waals surface area contributed by atoms with Gasteiger partial charge in [-0.25, -0.2) is 17.5 Å². The lowest BCUT2D eigenvalue weighted by Crippen LogP contribution is -2.36. The Balaban J connectivity index is 2.91. The Morgan fingerprint density at radius 1 is 1.33 bits per heavy atom. The first kappa shape index (κ1) is 17.1. The maximum atomic E-state index is 11.9. The van der Waals surface area contributed by atoms with E-state index in [1.165, 1.54) is 38.4 Å². The number of aliphatic carboxylic acids is 1. The Bertz CT molecular complexity index is 641. The Morgan fingerprint density at radius 2 is 1.95 bits per heavy atom. The summed E-state index contributed by atoms with van der Waals surface area (Å²) in [6, 6.07) is 5.31. The standard InChI is InChI=1S/C12H16N2O6S/c1-14(2)21(19,20)9-5-3-4-8(6-9)11(16)13-7-10(15)12(17)18/h3-6,10,15H,7H2,1-2H3,(H,13,16)(H,17,18). The lowest BCUT2D eigenvalue weighted by molar-refractivity contribution is -0.146. The number of aliphatic hydroxyl groups excluding tert-OH is 1. The van der Waals surface area contributed by atoms with Gasteiger partial charge in [0, 0.05) is 19.7 Å². The molecule has 3 N–H and O–H groups in total. The second kappa shape index (κ2) is 6.66. The molecule has 0 heterocycles. The van der Waals surface area contributed by atoms with E-state index >= 15 is 0 Å². The molecule has 0 aromatic heterocycles. The molecule has 0 saturated carbocycles. The third kappa shape index (κ3) is 4.25. The van der Waals surface area contributed by atoms with Crippen LogP contribution in [0.5, 0.6) is 0 Å². The molecule has 9 heteroatoms. The van der Waals surface area contributed by atoms with E-state index < -0.39 is 34.5 Å². The largest absolute Gasteiger partial charge is 0.479 e. The van der Waals surface area contributed by atoms with Crippen molar-refractivity contribution in [2.45, 2.75) is 11.0 Å². The van der Waals surface area contributed by atoms with Crippen LogP contribution >= 0.6 is 0 Å². The molecular formula is C12H16N2O6S. The SMILES string of the molecule is CN(C)S(=O)(=O)c1cccc(C(=O)NCC(O)C(=O)O)c1. The molecule has 0 spiro atoms. The number of hydrogen-bond acceptors (Lipinski definition) is 5. The smallest absolute Gasteiger partial charge is 0.334 e. The highest BCUT2D eigenvalue weighted by atomic mass is 32.2. The number of carboxylic acid groups (broad SMARTS) is 1. The van der Waals surface area contributed by atoms with Crippen LogP contribution in [0.4, 0.5) is 0 Å². The van der Waals surface area contributed by atoms with Crippen LogP contribution in [0.15, 0.2) is 29.2 Å². The number of nitrogens with zero attached hydrogens (tertiary/aromatic N) is 1. The number of amides is 1. The highest BCUT2D eigenvalue weighted by Crippen LogP contribution is 2.14. The minimum Gasteiger partial charge on any atom is -0.479 e. The van der Waals surface area contributed by atoms with Crippen molar-refractivity contribution in [1.29, 1.82) is 0 Å². The maximum absolute atomic E-state index is 11.9. The number of sulfonamides is 1. The van der Waals surface area contributed by atoms with E-state index in [0.29, 0.717) is 0 Å². The van der Waals surface area contributed by atoms with Crippen LogP contribution in [-0.4, -0.2) is 61.6 Å². The Morgan fingerprint density at radius 3 is 2.48 bits per heavy atom. The van der Waals surface area contributed by atoms with Gasteiger partial charge in [0.05, 0.1) is 11.4 Å². The summed E-state index contributed by atoms with van der Waals surface area (Å²) < 4.78 is 24.9. The number of rotatable bonds is 6. The van der Waals surface area contributed by atoms with Gasteiger partial charge in [-0.1, -0.05) is 6.07 Å². The number of carboxylic acids is 1. The Hall–Kier alpha value is -1.97. The molecule has 0 aliphatic rings. The second-order valence-corrected chi connectivity index (χ2v) is 6.53. The first-order chi connectivity index (χ1) is 9.66. The normalized spacial score (nSPS) is 13.0. The predicted molar refractivity (Wildman–Crippen MR) is 73.3 cm³/mol. The third-order valence-electron chi connectivity index (χ3n) is 2.62. The summed E-state index contributed by atoms with van der Waals surface area (Å²) in [6.45, 7) is -0.473. The molecule has 0 aliphatic carbocycles. The van der Waals surface area contributed by atoms with E-state index in [9.17, 15) is 18.0 Å². The summed E-state index contributed by atoms with van der Waals surface area (Å²) in [5.41, 5.74) is 0.0514. The van der Waals surface area contributed by atoms with Gasteiger partial charge in [-0.05, 0) is 18.2 Å². The quantitative estimate of drug-likeness (QED) is 0.625. The van der Waals surface area contributed by atoms with Crippen molar-refractivity contribution >= 4 is 21.9 Å². The summed E-state index contributed by atoms with van der Waals surface area (Å²) in [4.78, 5) is 22.2. The highest BCUT2D eigenvalue weighted by Gasteiger charge is 2.19. The molecule has 1 rings (SSSR count). The number of benzene rings is 1. The molecule has 0 aliphatic heterocycles. The van der Waals surface area contributed by atoms with Crippen molar-refractivity contribution in [3.8, 4) is 0 Å². The minimum atomic E-state index is -3.67. The van der Waals surface area contributed by atoms with E-state index in [4.69, 9.17) is 10.2 Å². The van der Waals surface area contributed by atoms with Crippen molar-refractivity contribution in [2.24, 2.45) is 0 Å². The van der Waals surface area contributed by atoms with Crippen molar-refractivity contribution in [2.75, 3.05) is 20.6 Å². The second-order valence-electron chi connectivity index (χ2n) is 4.38. The fourth-order valence-corrected chi connectivity index (χ4v) is 2.34. The molecule has 1 unspecified atom stereocenters. The lowest BCUT2D eigenvalue weighted by atomic mass is 10.2. The predicted octanol–water partition coefficient (Wildman–Crippen LogP) is -0.888. The fourth-order valence-electron chi connectivity index (χ4n) is 1.39. The molecule has 0 fully saturated rings. The lowest BCUT2D eigenvalue weighted by Gasteiger charge is -2.12. The van der Waals surface area contributed by atoms with Crippen molar-refractivity contribution in [3.05, 3.63) is 29.8 Å². The fraction of sp³-hybridized carbons (Fsp3) is 0.333. The van der Waals surface area contributed by atoms with Crippen LogP contribution in [0.2, 0.25) is 0 Å². The van der Waals surface area contributed by atoms with E-state index in [1.54, 1.807) is 0 Å². The van der Waals surface area contributed by atoms with Gasteiger partial charge in [-0.3, -0.25) is 4.79 Å². The number of carbonyl (C=O) groups is 2. The molecule has 0 radical (unpaired) electrons. The number of aliphatic hydroxyl groups is 1. The maximum Gasteiger partial charge on any atom is 0.334 e. The summed E-state index contributed by atoms with van der Waals surface area (Å²) in [5, 5.41) is 19.8. The molecule has 116 valence electrons. The van der Waals surface area contributed by atoms with Crippen molar-refractivity contribution < 1.29 is 28.2 Å². The number of nitrogens with one attached hydrogen (secondary N) is 1. The molecule has 0 bridgehead atoms. The van der Waals surface area contributed by atoms with Crippen LogP contribution in [0.25, 0.3) is 0 Å². The summed E-state index contributed by atoms with van der Waals surface area (Å²) in [6.07, 6.45) is -1.72. The van der Waals surface area contributed by atoms with E-state index in [-0.39, 0.29) is 10.5 Å². The summed E-state index contributed by atoms with van der Waals surface area (Å²) in [5.74, 6) is -2.13. The molecular weight excluding hydrogens is 300 g/mol. The van der Waals surface area contributed by atoms with Gasteiger partial charge in [0.2, 0.25) is 10.0 Å². The zero-order valence-corrected chi connectivity index (χ0v) is 12.3. The molecule has 21 heavy (non-hydrogen) atoms. The zero-order chi connectivity index (χ0) is 16.2. The van der Waals surface area contributed by atoms with Gasteiger partial charge in [0.15, 0.2) is 6.10 Å². The Kier molecular flexibility index (Phi) is 5.41. The average Bonchev–Trinajstić information content (AvgIpc) is 2.44. The molecule has 1 aromatic rings. The van der Waals surface area contributed by atoms with Crippen LogP contribution in [0.1, 0.15) is 10.4 Å². The topological polar surface area (TPSA) is 124 Å². The van der Waals surface area contributed by atoms with Gasteiger partial charge in [0.25, 0.3) is 5.91 Å².